The Labute approximate surface area is 117 Å². The van der Waals surface area contributed by atoms with Crippen molar-refractivity contribution in [3.05, 3.63) is 59.4 Å². The number of nitrogen functional groups attached to an aromatic ring is 1. The second kappa shape index (κ2) is 5.43. The Hall–Kier alpha value is -2.57. The zero-order chi connectivity index (χ0) is 15.6. The molecule has 110 valence electrons. The number of halogens is 4. The van der Waals surface area contributed by atoms with Gasteiger partial charge in [-0.15, -0.1) is 0 Å². The SMILES string of the molecule is N=C(N)c1ccc(Oc2ccc(F)cc2)cc1C(F)(F)F. The Balaban J connectivity index is 2.38. The summed E-state index contributed by atoms with van der Waals surface area (Å²) in [6.07, 6.45) is -4.66. The van der Waals surface area contributed by atoms with E-state index in [2.05, 4.69) is 0 Å². The minimum atomic E-state index is -4.66. The van der Waals surface area contributed by atoms with Gasteiger partial charge < -0.3 is 10.5 Å². The van der Waals surface area contributed by atoms with Crippen molar-refractivity contribution in [2.75, 3.05) is 0 Å². The number of hydrogen-bond acceptors (Lipinski definition) is 2. The van der Waals surface area contributed by atoms with E-state index in [-0.39, 0.29) is 11.5 Å². The highest BCUT2D eigenvalue weighted by Gasteiger charge is 2.34. The largest absolute Gasteiger partial charge is 0.457 e. The maximum atomic E-state index is 12.9. The van der Waals surface area contributed by atoms with Crippen molar-refractivity contribution in [1.29, 1.82) is 5.41 Å². The molecule has 0 aromatic heterocycles. The molecule has 0 saturated carbocycles. The Morgan fingerprint density at radius 3 is 2.10 bits per heavy atom. The van der Waals surface area contributed by atoms with Gasteiger partial charge in [0.25, 0.3) is 0 Å². The molecule has 0 radical (unpaired) electrons. The van der Waals surface area contributed by atoms with Crippen LogP contribution in [-0.2, 0) is 6.18 Å². The van der Waals surface area contributed by atoms with Crippen LogP contribution >= 0.6 is 0 Å². The van der Waals surface area contributed by atoms with Crippen LogP contribution in [-0.4, -0.2) is 5.84 Å². The summed E-state index contributed by atoms with van der Waals surface area (Å²) in [5.41, 5.74) is 3.65. The van der Waals surface area contributed by atoms with Crippen molar-refractivity contribution < 1.29 is 22.3 Å². The van der Waals surface area contributed by atoms with Crippen molar-refractivity contribution in [2.45, 2.75) is 6.18 Å². The normalized spacial score (nSPS) is 11.2. The number of nitrogens with one attached hydrogen (secondary N) is 1. The van der Waals surface area contributed by atoms with E-state index >= 15 is 0 Å². The van der Waals surface area contributed by atoms with Crippen LogP contribution in [0.25, 0.3) is 0 Å². The molecule has 0 saturated heterocycles. The van der Waals surface area contributed by atoms with E-state index in [4.69, 9.17) is 15.9 Å². The van der Waals surface area contributed by atoms with Gasteiger partial charge in [0, 0.05) is 5.56 Å². The Morgan fingerprint density at radius 2 is 1.57 bits per heavy atom. The molecule has 21 heavy (non-hydrogen) atoms. The molecule has 3 nitrogen and oxygen atoms in total. The molecule has 0 aliphatic rings. The van der Waals surface area contributed by atoms with Gasteiger partial charge in [-0.2, -0.15) is 13.2 Å². The summed E-state index contributed by atoms with van der Waals surface area (Å²) in [6, 6.07) is 7.91. The molecule has 3 N–H and O–H groups in total. The first kappa shape index (κ1) is 14.8. The maximum Gasteiger partial charge on any atom is 0.417 e. The molecule has 0 spiro atoms. The minimum Gasteiger partial charge on any atom is -0.457 e. The van der Waals surface area contributed by atoms with E-state index in [1.807, 2.05) is 0 Å². The molecule has 0 heterocycles. The van der Waals surface area contributed by atoms with Crippen molar-refractivity contribution in [2.24, 2.45) is 5.73 Å². The molecule has 0 unspecified atom stereocenters. The lowest BCUT2D eigenvalue weighted by Gasteiger charge is -2.14. The van der Waals surface area contributed by atoms with Crippen LogP contribution in [0.4, 0.5) is 17.6 Å². The van der Waals surface area contributed by atoms with Crippen LogP contribution in [0.15, 0.2) is 42.5 Å². The molecule has 2 aromatic carbocycles. The Morgan fingerprint density at radius 1 is 1.00 bits per heavy atom. The number of hydrogen-bond donors (Lipinski definition) is 2. The van der Waals surface area contributed by atoms with E-state index in [1.54, 1.807) is 0 Å². The van der Waals surface area contributed by atoms with E-state index in [1.165, 1.54) is 18.2 Å². The van der Waals surface area contributed by atoms with Gasteiger partial charge in [-0.25, -0.2) is 4.39 Å². The predicted octanol–water partition coefficient (Wildman–Crippen LogP) is 3.92. The fourth-order valence-corrected chi connectivity index (χ4v) is 1.69. The molecule has 7 heteroatoms. The van der Waals surface area contributed by atoms with Gasteiger partial charge in [-0.3, -0.25) is 5.41 Å². The fourth-order valence-electron chi connectivity index (χ4n) is 1.69. The monoisotopic (exact) mass is 298 g/mol. The highest BCUT2D eigenvalue weighted by atomic mass is 19.4. The molecule has 0 aliphatic heterocycles. The van der Waals surface area contributed by atoms with Gasteiger partial charge in [-0.05, 0) is 42.5 Å². The smallest absolute Gasteiger partial charge is 0.417 e. The standard InChI is InChI=1S/C14H10F4N2O/c15-8-1-3-9(4-2-8)21-10-5-6-11(13(19)20)12(7-10)14(16,17)18/h1-7H,(H3,19,20). The van der Waals surface area contributed by atoms with E-state index in [9.17, 15) is 17.6 Å². The number of alkyl halides is 3. The first-order chi connectivity index (χ1) is 9.77. The Kier molecular flexibility index (Phi) is 3.84. The molecule has 0 amide bonds. The predicted molar refractivity (Wildman–Crippen MR) is 68.9 cm³/mol. The van der Waals surface area contributed by atoms with Crippen LogP contribution in [0.1, 0.15) is 11.1 Å². The highest BCUT2D eigenvalue weighted by Crippen LogP contribution is 2.35. The second-order valence-electron chi connectivity index (χ2n) is 4.17. The van der Waals surface area contributed by atoms with Crippen LogP contribution in [0.2, 0.25) is 0 Å². The summed E-state index contributed by atoms with van der Waals surface area (Å²) in [7, 11) is 0. The molecular weight excluding hydrogens is 288 g/mol. The van der Waals surface area contributed by atoms with Gasteiger partial charge in [0.15, 0.2) is 0 Å². The lowest BCUT2D eigenvalue weighted by Crippen LogP contribution is -2.18. The summed E-state index contributed by atoms with van der Waals surface area (Å²) in [5, 5.41) is 7.17. The van der Waals surface area contributed by atoms with Crippen molar-refractivity contribution in [3.8, 4) is 11.5 Å². The van der Waals surface area contributed by atoms with Crippen molar-refractivity contribution >= 4 is 5.84 Å². The topological polar surface area (TPSA) is 59.1 Å². The first-order valence-corrected chi connectivity index (χ1v) is 5.76. The van der Waals surface area contributed by atoms with E-state index in [0.29, 0.717) is 0 Å². The average Bonchev–Trinajstić information content (AvgIpc) is 2.40. The third-order valence-electron chi connectivity index (χ3n) is 2.64. The van der Waals surface area contributed by atoms with E-state index < -0.39 is 29.0 Å². The second-order valence-corrected chi connectivity index (χ2v) is 4.17. The summed E-state index contributed by atoms with van der Waals surface area (Å²) in [6.45, 7) is 0. The van der Waals surface area contributed by atoms with Crippen LogP contribution in [0.3, 0.4) is 0 Å². The number of amidine groups is 1. The van der Waals surface area contributed by atoms with Crippen molar-refractivity contribution in [3.63, 3.8) is 0 Å². The first-order valence-electron chi connectivity index (χ1n) is 5.76. The Bertz CT molecular complexity index is 666. The third-order valence-corrected chi connectivity index (χ3v) is 2.64. The van der Waals surface area contributed by atoms with Gasteiger partial charge in [0.2, 0.25) is 0 Å². The van der Waals surface area contributed by atoms with Crippen LogP contribution < -0.4 is 10.5 Å². The third kappa shape index (κ3) is 3.50. The summed E-state index contributed by atoms with van der Waals surface area (Å²) in [5.74, 6) is -1.06. The van der Waals surface area contributed by atoms with Gasteiger partial charge in [0.05, 0.1) is 5.56 Å². The lowest BCUT2D eigenvalue weighted by atomic mass is 10.1. The molecular formula is C14H10F4N2O. The summed E-state index contributed by atoms with van der Waals surface area (Å²) >= 11 is 0. The number of rotatable bonds is 3. The summed E-state index contributed by atoms with van der Waals surface area (Å²) in [4.78, 5) is 0. The van der Waals surface area contributed by atoms with Gasteiger partial charge >= 0.3 is 6.18 Å². The van der Waals surface area contributed by atoms with Crippen molar-refractivity contribution in [1.82, 2.24) is 0 Å². The number of ether oxygens (including phenoxy) is 1. The highest BCUT2D eigenvalue weighted by molar-refractivity contribution is 5.96. The quantitative estimate of drug-likeness (QED) is 0.512. The lowest BCUT2D eigenvalue weighted by molar-refractivity contribution is -0.137. The molecule has 0 aliphatic carbocycles. The molecule has 0 atom stereocenters. The van der Waals surface area contributed by atoms with Gasteiger partial charge in [0.1, 0.15) is 23.2 Å². The molecule has 0 fully saturated rings. The van der Waals surface area contributed by atoms with Crippen LogP contribution in [0.5, 0.6) is 11.5 Å². The number of benzene rings is 2. The molecule has 2 aromatic rings. The zero-order valence-electron chi connectivity index (χ0n) is 10.5. The molecule has 0 bridgehead atoms. The number of nitrogens with two attached hydrogens (primary N) is 1. The molecule has 2 rings (SSSR count). The average molecular weight is 298 g/mol. The fraction of sp³-hybridized carbons (Fsp3) is 0.0714. The van der Waals surface area contributed by atoms with Crippen LogP contribution in [0, 0.1) is 11.2 Å². The van der Waals surface area contributed by atoms with E-state index in [0.717, 1.165) is 24.3 Å². The minimum absolute atomic E-state index is 0.0843. The summed E-state index contributed by atoms with van der Waals surface area (Å²) < 4.78 is 56.7. The zero-order valence-corrected chi connectivity index (χ0v) is 10.5. The van der Waals surface area contributed by atoms with Gasteiger partial charge in [-0.1, -0.05) is 0 Å². The maximum absolute atomic E-state index is 12.9.